The van der Waals surface area contributed by atoms with E-state index >= 15 is 0 Å². The molecule has 0 aliphatic carbocycles. The zero-order valence-corrected chi connectivity index (χ0v) is 14.2. The molecule has 0 amide bonds. The van der Waals surface area contributed by atoms with Crippen molar-refractivity contribution in [1.29, 1.82) is 0 Å². The third-order valence-corrected chi connectivity index (χ3v) is 6.24. The summed E-state index contributed by atoms with van der Waals surface area (Å²) < 4.78 is 17.7. The van der Waals surface area contributed by atoms with Crippen LogP contribution in [0.5, 0.6) is 0 Å². The summed E-state index contributed by atoms with van der Waals surface area (Å²) in [6.45, 7) is 8.14. The Hall–Kier alpha value is 0.677. The van der Waals surface area contributed by atoms with Crippen molar-refractivity contribution in [2.45, 2.75) is 51.5 Å². The first-order chi connectivity index (χ1) is 8.64. The first-order valence-corrected chi connectivity index (χ1v) is 9.66. The molecule has 0 spiro atoms. The molecule has 1 unspecified atom stereocenters. The maximum Gasteiger partial charge on any atom is 0.502 e. The summed E-state index contributed by atoms with van der Waals surface area (Å²) in [5.74, 6) is 0.386. The molecular weight excluding hydrogens is 291 g/mol. The van der Waals surface area contributed by atoms with Crippen LogP contribution in [0.25, 0.3) is 0 Å². The van der Waals surface area contributed by atoms with Crippen molar-refractivity contribution in [1.82, 2.24) is 0 Å². The SMILES string of the molecule is CCCO[Si](CC(Cl)CCl)(OCCC)OCCC. The Balaban J connectivity index is 4.61. The Morgan fingerprint density at radius 1 is 0.889 bits per heavy atom. The molecule has 0 aliphatic heterocycles. The van der Waals surface area contributed by atoms with Gasteiger partial charge in [0.2, 0.25) is 0 Å². The van der Waals surface area contributed by atoms with Gasteiger partial charge in [0, 0.05) is 31.7 Å². The van der Waals surface area contributed by atoms with E-state index in [4.69, 9.17) is 36.5 Å². The monoisotopic (exact) mass is 316 g/mol. The van der Waals surface area contributed by atoms with Gasteiger partial charge in [-0.1, -0.05) is 20.8 Å². The normalized spacial score (nSPS) is 13.8. The highest BCUT2D eigenvalue weighted by Crippen LogP contribution is 2.23. The molecule has 0 saturated heterocycles. The third-order valence-electron chi connectivity index (χ3n) is 2.22. The van der Waals surface area contributed by atoms with Crippen LogP contribution in [0.1, 0.15) is 40.0 Å². The molecule has 110 valence electrons. The van der Waals surface area contributed by atoms with Crippen molar-refractivity contribution in [3.63, 3.8) is 0 Å². The molecular formula is C12H26Cl2O3Si. The van der Waals surface area contributed by atoms with E-state index in [1.54, 1.807) is 0 Å². The Morgan fingerprint density at radius 3 is 1.56 bits per heavy atom. The lowest BCUT2D eigenvalue weighted by Gasteiger charge is -2.30. The van der Waals surface area contributed by atoms with Crippen LogP contribution in [-0.4, -0.2) is 39.9 Å². The quantitative estimate of drug-likeness (QED) is 0.401. The molecule has 18 heavy (non-hydrogen) atoms. The van der Waals surface area contributed by atoms with Crippen molar-refractivity contribution < 1.29 is 13.3 Å². The second kappa shape index (κ2) is 11.5. The second-order valence-corrected chi connectivity index (χ2v) is 7.75. The van der Waals surface area contributed by atoms with Crippen molar-refractivity contribution in [3.05, 3.63) is 0 Å². The predicted molar refractivity (Wildman–Crippen MR) is 79.7 cm³/mol. The third kappa shape index (κ3) is 7.97. The maximum atomic E-state index is 6.15. The van der Waals surface area contributed by atoms with Gasteiger partial charge in [-0.05, 0) is 19.3 Å². The highest BCUT2D eigenvalue weighted by atomic mass is 35.5. The first kappa shape index (κ1) is 18.7. The predicted octanol–water partition coefficient (Wildman–Crippen LogP) is 4.05. The molecule has 0 bridgehead atoms. The Labute approximate surface area is 122 Å². The highest BCUT2D eigenvalue weighted by molar-refractivity contribution is 6.62. The molecule has 0 aromatic heterocycles. The van der Waals surface area contributed by atoms with Crippen molar-refractivity contribution >= 4 is 32.0 Å². The first-order valence-electron chi connectivity index (χ1n) is 6.76. The van der Waals surface area contributed by atoms with Gasteiger partial charge in [-0.15, -0.1) is 23.2 Å². The van der Waals surface area contributed by atoms with Crippen LogP contribution in [0.2, 0.25) is 6.04 Å². The smallest absolute Gasteiger partial charge is 0.373 e. The molecule has 0 radical (unpaired) electrons. The molecule has 0 aliphatic rings. The molecule has 0 N–H and O–H groups in total. The average molecular weight is 317 g/mol. The van der Waals surface area contributed by atoms with Gasteiger partial charge >= 0.3 is 8.80 Å². The summed E-state index contributed by atoms with van der Waals surface area (Å²) in [5.41, 5.74) is 0. The van der Waals surface area contributed by atoms with Crippen molar-refractivity contribution in [2.24, 2.45) is 0 Å². The molecule has 0 saturated carbocycles. The number of alkyl halides is 2. The van der Waals surface area contributed by atoms with E-state index in [2.05, 4.69) is 20.8 Å². The largest absolute Gasteiger partial charge is 0.502 e. The van der Waals surface area contributed by atoms with Crippen LogP contribution in [0.3, 0.4) is 0 Å². The van der Waals surface area contributed by atoms with E-state index in [0.29, 0.717) is 31.7 Å². The minimum absolute atomic E-state index is 0.163. The van der Waals surface area contributed by atoms with Crippen LogP contribution in [0, 0.1) is 0 Å². The van der Waals surface area contributed by atoms with Gasteiger partial charge in [0.25, 0.3) is 0 Å². The van der Waals surface area contributed by atoms with Crippen LogP contribution >= 0.6 is 23.2 Å². The van der Waals surface area contributed by atoms with E-state index in [9.17, 15) is 0 Å². The lowest BCUT2D eigenvalue weighted by atomic mass is 10.5. The summed E-state index contributed by atoms with van der Waals surface area (Å²) >= 11 is 11.9. The van der Waals surface area contributed by atoms with Gasteiger partial charge in [-0.3, -0.25) is 0 Å². The molecule has 0 fully saturated rings. The van der Waals surface area contributed by atoms with Crippen LogP contribution < -0.4 is 0 Å². The zero-order chi connectivity index (χ0) is 13.9. The van der Waals surface area contributed by atoms with E-state index in [1.807, 2.05) is 0 Å². The van der Waals surface area contributed by atoms with Crippen LogP contribution in [0.4, 0.5) is 0 Å². The minimum Gasteiger partial charge on any atom is -0.373 e. The van der Waals surface area contributed by atoms with Gasteiger partial charge in [0.05, 0.1) is 5.38 Å². The standard InChI is InChI=1S/C12H26Cl2O3Si/c1-4-7-15-18(16-8-5-2,17-9-6-3)11-12(14)10-13/h12H,4-11H2,1-3H3. The fourth-order valence-corrected chi connectivity index (χ4v) is 5.10. The molecule has 0 rings (SSSR count). The number of hydrogen-bond donors (Lipinski definition) is 0. The van der Waals surface area contributed by atoms with Crippen molar-refractivity contribution in [3.8, 4) is 0 Å². The van der Waals surface area contributed by atoms with Crippen LogP contribution in [0.15, 0.2) is 0 Å². The topological polar surface area (TPSA) is 27.7 Å². The van der Waals surface area contributed by atoms with Crippen LogP contribution in [-0.2, 0) is 13.3 Å². The maximum absolute atomic E-state index is 6.15. The average Bonchev–Trinajstić information content (AvgIpc) is 2.40. The summed E-state index contributed by atoms with van der Waals surface area (Å²) in [6, 6.07) is 0.581. The number of rotatable bonds is 12. The van der Waals surface area contributed by atoms with Gasteiger partial charge in [0.1, 0.15) is 0 Å². The molecule has 0 aromatic carbocycles. The molecule has 0 heterocycles. The highest BCUT2D eigenvalue weighted by Gasteiger charge is 2.42. The Kier molecular flexibility index (Phi) is 11.9. The lowest BCUT2D eigenvalue weighted by Crippen LogP contribution is -2.48. The zero-order valence-electron chi connectivity index (χ0n) is 11.7. The molecule has 0 aromatic rings. The summed E-state index contributed by atoms with van der Waals surface area (Å²) in [7, 11) is -2.66. The van der Waals surface area contributed by atoms with E-state index in [1.165, 1.54) is 0 Å². The number of hydrogen-bond acceptors (Lipinski definition) is 3. The van der Waals surface area contributed by atoms with Gasteiger partial charge < -0.3 is 13.3 Å². The van der Waals surface area contributed by atoms with Gasteiger partial charge in [-0.2, -0.15) is 0 Å². The van der Waals surface area contributed by atoms with E-state index in [-0.39, 0.29) is 5.38 Å². The lowest BCUT2D eigenvalue weighted by molar-refractivity contribution is 0.0594. The summed E-state index contributed by atoms with van der Waals surface area (Å²) in [6.07, 6.45) is 2.81. The summed E-state index contributed by atoms with van der Waals surface area (Å²) in [4.78, 5) is 0. The fraction of sp³-hybridized carbons (Fsp3) is 1.00. The van der Waals surface area contributed by atoms with Crippen molar-refractivity contribution in [2.75, 3.05) is 25.7 Å². The Morgan fingerprint density at radius 2 is 1.28 bits per heavy atom. The number of halogens is 2. The van der Waals surface area contributed by atoms with Gasteiger partial charge in [-0.25, -0.2) is 0 Å². The molecule has 1 atom stereocenters. The summed E-state index contributed by atoms with van der Waals surface area (Å²) in [5, 5.41) is -0.163. The molecule has 3 nitrogen and oxygen atoms in total. The minimum atomic E-state index is -2.66. The van der Waals surface area contributed by atoms with Gasteiger partial charge in [0.15, 0.2) is 0 Å². The second-order valence-electron chi connectivity index (χ2n) is 4.18. The Bertz CT molecular complexity index is 174. The van der Waals surface area contributed by atoms with E-state index in [0.717, 1.165) is 19.3 Å². The van der Waals surface area contributed by atoms with E-state index < -0.39 is 8.80 Å². The molecule has 6 heteroatoms. The fourth-order valence-electron chi connectivity index (χ4n) is 1.40.